The van der Waals surface area contributed by atoms with Gasteiger partial charge < -0.3 is 10.1 Å². The first-order chi connectivity index (χ1) is 10.6. The van der Waals surface area contributed by atoms with Crippen LogP contribution in [0.5, 0.6) is 5.75 Å². The van der Waals surface area contributed by atoms with Crippen LogP contribution in [-0.4, -0.2) is 24.3 Å². The van der Waals surface area contributed by atoms with E-state index in [-0.39, 0.29) is 11.7 Å². The molecular formula is C18H25NO3. The maximum absolute atomic E-state index is 12.1. The fraction of sp³-hybridized carbons (Fsp3) is 0.556. The number of carbonyl (C=O) groups excluding carboxylic acids is 2. The summed E-state index contributed by atoms with van der Waals surface area (Å²) in [5.41, 5.74) is 0.641. The molecule has 0 radical (unpaired) electrons. The molecule has 120 valence electrons. The van der Waals surface area contributed by atoms with E-state index in [1.807, 2.05) is 0 Å². The molecule has 0 saturated heterocycles. The van der Waals surface area contributed by atoms with Gasteiger partial charge in [-0.15, -0.1) is 0 Å². The molecule has 1 aromatic carbocycles. The number of nitrogens with one attached hydrogen (secondary N) is 1. The molecule has 1 atom stereocenters. The summed E-state index contributed by atoms with van der Waals surface area (Å²) in [4.78, 5) is 23.3. The predicted octanol–water partition coefficient (Wildman–Crippen LogP) is 3.35. The Balaban J connectivity index is 1.78. The Hall–Kier alpha value is -1.84. The number of rotatable bonds is 6. The minimum absolute atomic E-state index is 0.0184. The van der Waals surface area contributed by atoms with Gasteiger partial charge in [-0.05, 0) is 56.9 Å². The molecule has 4 nitrogen and oxygen atoms in total. The van der Waals surface area contributed by atoms with Gasteiger partial charge in [0.05, 0.1) is 0 Å². The third-order valence-electron chi connectivity index (χ3n) is 4.23. The normalized spacial score (nSPS) is 16.8. The fourth-order valence-electron chi connectivity index (χ4n) is 2.81. The van der Waals surface area contributed by atoms with E-state index >= 15 is 0 Å². The molecule has 0 heterocycles. The quantitative estimate of drug-likeness (QED) is 0.820. The number of Topliss-reactive ketones (excluding diaryl/α,β-unsaturated/α-hetero) is 1. The summed E-state index contributed by atoms with van der Waals surface area (Å²) in [6.07, 6.45) is 5.75. The molecule has 22 heavy (non-hydrogen) atoms. The molecule has 1 aliphatic carbocycles. The maximum Gasteiger partial charge on any atom is 0.260 e. The lowest BCUT2D eigenvalue weighted by molar-refractivity contribution is -0.127. The topological polar surface area (TPSA) is 55.4 Å². The molecule has 1 fully saturated rings. The Bertz CT molecular complexity index is 504. The van der Waals surface area contributed by atoms with E-state index in [0.29, 0.717) is 17.2 Å². The number of hydrogen-bond acceptors (Lipinski definition) is 3. The average molecular weight is 303 g/mol. The highest BCUT2D eigenvalue weighted by Gasteiger charge is 2.18. The molecule has 0 bridgehead atoms. The van der Waals surface area contributed by atoms with Gasteiger partial charge >= 0.3 is 0 Å². The summed E-state index contributed by atoms with van der Waals surface area (Å²) in [6, 6.07) is 6.87. The van der Waals surface area contributed by atoms with Gasteiger partial charge in [0.15, 0.2) is 11.9 Å². The van der Waals surface area contributed by atoms with Crippen LogP contribution in [0.1, 0.15) is 56.3 Å². The van der Waals surface area contributed by atoms with E-state index in [2.05, 4.69) is 5.32 Å². The summed E-state index contributed by atoms with van der Waals surface area (Å²) in [5.74, 6) is 1.15. The van der Waals surface area contributed by atoms with Gasteiger partial charge in [0.1, 0.15) is 5.75 Å². The third-order valence-corrected chi connectivity index (χ3v) is 4.23. The third kappa shape index (κ3) is 4.86. The zero-order chi connectivity index (χ0) is 15.9. The van der Waals surface area contributed by atoms with Crippen LogP contribution in [0.2, 0.25) is 0 Å². The van der Waals surface area contributed by atoms with Crippen molar-refractivity contribution in [2.75, 3.05) is 6.54 Å². The number of benzene rings is 1. The highest BCUT2D eigenvalue weighted by Crippen LogP contribution is 2.22. The Morgan fingerprint density at radius 3 is 2.41 bits per heavy atom. The Morgan fingerprint density at radius 2 is 1.82 bits per heavy atom. The number of ether oxygens (including phenoxy) is 1. The smallest absolute Gasteiger partial charge is 0.260 e. The lowest BCUT2D eigenvalue weighted by Gasteiger charge is -2.23. The molecule has 1 aliphatic rings. The van der Waals surface area contributed by atoms with Crippen molar-refractivity contribution in [3.63, 3.8) is 0 Å². The van der Waals surface area contributed by atoms with Crippen molar-refractivity contribution in [1.29, 1.82) is 0 Å². The van der Waals surface area contributed by atoms with Gasteiger partial charge in [0, 0.05) is 12.1 Å². The molecule has 4 heteroatoms. The number of carbonyl (C=O) groups is 2. The van der Waals surface area contributed by atoms with Crippen molar-refractivity contribution >= 4 is 11.7 Å². The minimum atomic E-state index is -0.535. The molecule has 0 spiro atoms. The van der Waals surface area contributed by atoms with Gasteiger partial charge in [-0.2, -0.15) is 0 Å². The molecule has 2 rings (SSSR count). The van der Waals surface area contributed by atoms with Crippen LogP contribution < -0.4 is 10.1 Å². The molecule has 0 aromatic heterocycles. The van der Waals surface area contributed by atoms with Crippen molar-refractivity contribution in [3.8, 4) is 5.75 Å². The SMILES string of the molecule is CC(=O)c1ccc(OC(C)C(=O)NCC2CCCCC2)cc1. The van der Waals surface area contributed by atoms with Crippen molar-refractivity contribution in [2.45, 2.75) is 52.1 Å². The van der Waals surface area contributed by atoms with Crippen LogP contribution in [0, 0.1) is 5.92 Å². The number of hydrogen-bond donors (Lipinski definition) is 1. The zero-order valence-electron chi connectivity index (χ0n) is 13.4. The summed E-state index contributed by atoms with van der Waals surface area (Å²) >= 11 is 0. The Kier molecular flexibility index (Phi) is 5.99. The van der Waals surface area contributed by atoms with E-state index < -0.39 is 6.10 Å². The van der Waals surface area contributed by atoms with E-state index in [1.54, 1.807) is 31.2 Å². The summed E-state index contributed by atoms with van der Waals surface area (Å²) < 4.78 is 5.63. The summed E-state index contributed by atoms with van der Waals surface area (Å²) in [5, 5.41) is 2.98. The molecule has 0 aliphatic heterocycles. The lowest BCUT2D eigenvalue weighted by atomic mass is 9.89. The summed E-state index contributed by atoms with van der Waals surface area (Å²) in [7, 11) is 0. The first-order valence-electron chi connectivity index (χ1n) is 8.11. The Labute approximate surface area is 132 Å². The molecule has 1 saturated carbocycles. The maximum atomic E-state index is 12.1. The monoisotopic (exact) mass is 303 g/mol. The second-order valence-corrected chi connectivity index (χ2v) is 6.09. The van der Waals surface area contributed by atoms with E-state index in [9.17, 15) is 9.59 Å². The first kappa shape index (κ1) is 16.5. The van der Waals surface area contributed by atoms with Gasteiger partial charge in [0.25, 0.3) is 5.91 Å². The largest absolute Gasteiger partial charge is 0.481 e. The molecular weight excluding hydrogens is 278 g/mol. The average Bonchev–Trinajstić information content (AvgIpc) is 2.54. The highest BCUT2D eigenvalue weighted by molar-refractivity contribution is 5.94. The van der Waals surface area contributed by atoms with Gasteiger partial charge in [-0.1, -0.05) is 19.3 Å². The Morgan fingerprint density at radius 1 is 1.18 bits per heavy atom. The number of amides is 1. The van der Waals surface area contributed by atoms with Crippen LogP contribution in [0.4, 0.5) is 0 Å². The van der Waals surface area contributed by atoms with Gasteiger partial charge in [0.2, 0.25) is 0 Å². The van der Waals surface area contributed by atoms with E-state index in [4.69, 9.17) is 4.74 Å². The standard InChI is InChI=1S/C18H25NO3/c1-13(20)16-8-10-17(11-9-16)22-14(2)18(21)19-12-15-6-4-3-5-7-15/h8-11,14-15H,3-7,12H2,1-2H3,(H,19,21). The van der Waals surface area contributed by atoms with Crippen molar-refractivity contribution in [2.24, 2.45) is 5.92 Å². The van der Waals surface area contributed by atoms with Crippen LogP contribution in [-0.2, 0) is 4.79 Å². The summed E-state index contributed by atoms with van der Waals surface area (Å²) in [6.45, 7) is 4.02. The number of ketones is 1. The molecule has 1 amide bonds. The zero-order valence-corrected chi connectivity index (χ0v) is 13.4. The van der Waals surface area contributed by atoms with Gasteiger partial charge in [-0.25, -0.2) is 0 Å². The van der Waals surface area contributed by atoms with Crippen LogP contribution in [0.3, 0.4) is 0 Å². The van der Waals surface area contributed by atoms with Crippen LogP contribution in [0.25, 0.3) is 0 Å². The van der Waals surface area contributed by atoms with E-state index in [0.717, 1.165) is 6.54 Å². The van der Waals surface area contributed by atoms with Crippen LogP contribution >= 0.6 is 0 Å². The lowest BCUT2D eigenvalue weighted by Crippen LogP contribution is -2.39. The van der Waals surface area contributed by atoms with Crippen LogP contribution in [0.15, 0.2) is 24.3 Å². The molecule has 1 aromatic rings. The highest BCUT2D eigenvalue weighted by atomic mass is 16.5. The van der Waals surface area contributed by atoms with Crippen molar-refractivity contribution in [1.82, 2.24) is 5.32 Å². The molecule has 1 unspecified atom stereocenters. The van der Waals surface area contributed by atoms with Crippen molar-refractivity contribution in [3.05, 3.63) is 29.8 Å². The second kappa shape index (κ2) is 7.97. The predicted molar refractivity (Wildman–Crippen MR) is 86.1 cm³/mol. The fourth-order valence-corrected chi connectivity index (χ4v) is 2.81. The van der Waals surface area contributed by atoms with Crippen molar-refractivity contribution < 1.29 is 14.3 Å². The minimum Gasteiger partial charge on any atom is -0.481 e. The van der Waals surface area contributed by atoms with E-state index in [1.165, 1.54) is 39.0 Å². The molecule has 1 N–H and O–H groups in total. The van der Waals surface area contributed by atoms with Gasteiger partial charge in [-0.3, -0.25) is 9.59 Å². The second-order valence-electron chi connectivity index (χ2n) is 6.09. The first-order valence-corrected chi connectivity index (χ1v) is 8.11.